The smallest absolute Gasteiger partial charge is 0.0576 e. The average molecular weight is 281 g/mol. The van der Waals surface area contributed by atoms with Gasteiger partial charge in [-0.25, -0.2) is 0 Å². The number of rotatable bonds is 7. The van der Waals surface area contributed by atoms with E-state index in [2.05, 4.69) is 26.1 Å². The van der Waals surface area contributed by atoms with Gasteiger partial charge in [-0.15, -0.1) is 0 Å². The molecule has 0 spiro atoms. The molecule has 1 saturated heterocycles. The summed E-state index contributed by atoms with van der Waals surface area (Å²) in [6.45, 7) is 9.33. The van der Waals surface area contributed by atoms with Gasteiger partial charge in [0.2, 0.25) is 0 Å². The fourth-order valence-corrected chi connectivity index (χ4v) is 4.03. The van der Waals surface area contributed by atoms with E-state index < -0.39 is 0 Å². The van der Waals surface area contributed by atoms with Gasteiger partial charge in [0.1, 0.15) is 0 Å². The predicted molar refractivity (Wildman–Crippen MR) is 86.0 cm³/mol. The number of hydrogen-bond donors (Lipinski definition) is 1. The average Bonchev–Trinajstić information content (AvgIpc) is 2.95. The van der Waals surface area contributed by atoms with Crippen molar-refractivity contribution in [1.82, 2.24) is 5.32 Å². The minimum absolute atomic E-state index is 0.556. The van der Waals surface area contributed by atoms with Crippen molar-refractivity contribution in [2.24, 2.45) is 17.8 Å². The van der Waals surface area contributed by atoms with Gasteiger partial charge in [0.15, 0.2) is 0 Å². The second kappa shape index (κ2) is 8.38. The zero-order chi connectivity index (χ0) is 14.4. The molecular formula is C18H35NO. The Morgan fingerprint density at radius 2 is 2.00 bits per heavy atom. The van der Waals surface area contributed by atoms with Crippen LogP contribution in [0.4, 0.5) is 0 Å². The molecule has 0 aromatic heterocycles. The van der Waals surface area contributed by atoms with E-state index in [0.717, 1.165) is 30.4 Å². The maximum Gasteiger partial charge on any atom is 0.0576 e. The zero-order valence-corrected chi connectivity index (χ0v) is 13.9. The van der Waals surface area contributed by atoms with Gasteiger partial charge in [0, 0.05) is 12.6 Å². The Labute approximate surface area is 126 Å². The molecule has 1 saturated carbocycles. The quantitative estimate of drug-likeness (QED) is 0.747. The molecule has 2 rings (SSSR count). The van der Waals surface area contributed by atoms with Crippen LogP contribution < -0.4 is 5.32 Å². The number of hydrogen-bond acceptors (Lipinski definition) is 2. The van der Waals surface area contributed by atoms with Crippen LogP contribution in [0.1, 0.15) is 72.1 Å². The first-order valence-corrected chi connectivity index (χ1v) is 9.05. The van der Waals surface area contributed by atoms with Crippen molar-refractivity contribution in [3.8, 4) is 0 Å². The van der Waals surface area contributed by atoms with Crippen LogP contribution in [0.5, 0.6) is 0 Å². The summed E-state index contributed by atoms with van der Waals surface area (Å²) in [6.07, 6.45) is 11.2. The molecule has 0 aromatic rings. The van der Waals surface area contributed by atoms with Gasteiger partial charge >= 0.3 is 0 Å². The van der Waals surface area contributed by atoms with Crippen molar-refractivity contribution in [2.45, 2.75) is 84.3 Å². The van der Waals surface area contributed by atoms with Crippen molar-refractivity contribution < 1.29 is 4.74 Å². The van der Waals surface area contributed by atoms with Crippen molar-refractivity contribution in [2.75, 3.05) is 13.2 Å². The van der Waals surface area contributed by atoms with Crippen molar-refractivity contribution >= 4 is 0 Å². The van der Waals surface area contributed by atoms with Crippen LogP contribution in [0.3, 0.4) is 0 Å². The second-order valence-electron chi connectivity index (χ2n) is 7.30. The SMILES string of the molecule is CCCNC(CCC1CCCO1)C1CCC(C)C(C)C1. The van der Waals surface area contributed by atoms with E-state index in [1.165, 1.54) is 57.9 Å². The van der Waals surface area contributed by atoms with Crippen LogP contribution >= 0.6 is 0 Å². The molecule has 0 amide bonds. The Balaban J connectivity index is 1.81. The van der Waals surface area contributed by atoms with Crippen molar-refractivity contribution in [3.05, 3.63) is 0 Å². The highest BCUT2D eigenvalue weighted by molar-refractivity contribution is 4.84. The molecule has 1 N–H and O–H groups in total. The van der Waals surface area contributed by atoms with Crippen molar-refractivity contribution in [3.63, 3.8) is 0 Å². The fourth-order valence-electron chi connectivity index (χ4n) is 4.03. The van der Waals surface area contributed by atoms with Gasteiger partial charge in [0.25, 0.3) is 0 Å². The third-order valence-electron chi connectivity index (χ3n) is 5.69. The minimum Gasteiger partial charge on any atom is -0.378 e. The van der Waals surface area contributed by atoms with E-state index in [4.69, 9.17) is 4.74 Å². The first kappa shape index (κ1) is 16.3. The summed E-state index contributed by atoms with van der Waals surface area (Å²) in [6, 6.07) is 0.731. The topological polar surface area (TPSA) is 21.3 Å². The Morgan fingerprint density at radius 3 is 2.65 bits per heavy atom. The fraction of sp³-hybridized carbons (Fsp3) is 1.00. The van der Waals surface area contributed by atoms with Crippen LogP contribution in [-0.2, 0) is 4.74 Å². The summed E-state index contributed by atoms with van der Waals surface area (Å²) in [5.41, 5.74) is 0. The van der Waals surface area contributed by atoms with E-state index in [9.17, 15) is 0 Å². The van der Waals surface area contributed by atoms with Crippen LogP contribution in [0.2, 0.25) is 0 Å². The lowest BCUT2D eigenvalue weighted by molar-refractivity contribution is 0.0918. The molecule has 1 aliphatic heterocycles. The van der Waals surface area contributed by atoms with Gasteiger partial charge in [-0.05, 0) is 69.2 Å². The highest BCUT2D eigenvalue weighted by Gasteiger charge is 2.30. The summed E-state index contributed by atoms with van der Waals surface area (Å²) in [7, 11) is 0. The molecule has 2 fully saturated rings. The Hall–Kier alpha value is -0.0800. The third kappa shape index (κ3) is 4.73. The molecule has 5 unspecified atom stereocenters. The Kier molecular flexibility index (Phi) is 6.83. The Bertz CT molecular complexity index is 262. The normalized spacial score (nSPS) is 36.1. The highest BCUT2D eigenvalue weighted by Crippen LogP contribution is 2.36. The summed E-state index contributed by atoms with van der Waals surface area (Å²) in [5, 5.41) is 3.84. The number of ether oxygens (including phenoxy) is 1. The van der Waals surface area contributed by atoms with Gasteiger partial charge in [0.05, 0.1) is 6.10 Å². The standard InChI is InChI=1S/C18H35NO/c1-4-11-19-18(10-9-17-6-5-12-20-17)16-8-7-14(2)15(3)13-16/h14-19H,4-13H2,1-3H3. The van der Waals surface area contributed by atoms with E-state index in [0.29, 0.717) is 6.10 Å². The van der Waals surface area contributed by atoms with Gasteiger partial charge in [-0.2, -0.15) is 0 Å². The van der Waals surface area contributed by atoms with Gasteiger partial charge < -0.3 is 10.1 Å². The molecule has 0 aromatic carbocycles. The van der Waals surface area contributed by atoms with E-state index >= 15 is 0 Å². The molecule has 20 heavy (non-hydrogen) atoms. The highest BCUT2D eigenvalue weighted by atomic mass is 16.5. The summed E-state index contributed by atoms with van der Waals surface area (Å²) in [5.74, 6) is 2.73. The molecule has 2 heteroatoms. The largest absolute Gasteiger partial charge is 0.378 e. The maximum atomic E-state index is 5.81. The summed E-state index contributed by atoms with van der Waals surface area (Å²) in [4.78, 5) is 0. The molecule has 2 nitrogen and oxygen atoms in total. The minimum atomic E-state index is 0.556. The van der Waals surface area contributed by atoms with Gasteiger partial charge in [-0.1, -0.05) is 27.2 Å². The monoisotopic (exact) mass is 281 g/mol. The lowest BCUT2D eigenvalue weighted by Crippen LogP contribution is -2.40. The van der Waals surface area contributed by atoms with Crippen LogP contribution in [0.15, 0.2) is 0 Å². The third-order valence-corrected chi connectivity index (χ3v) is 5.69. The zero-order valence-electron chi connectivity index (χ0n) is 13.9. The molecule has 0 bridgehead atoms. The predicted octanol–water partition coefficient (Wildman–Crippen LogP) is 4.39. The van der Waals surface area contributed by atoms with Crippen LogP contribution in [-0.4, -0.2) is 25.3 Å². The van der Waals surface area contributed by atoms with Crippen LogP contribution in [0, 0.1) is 17.8 Å². The number of nitrogens with one attached hydrogen (secondary N) is 1. The van der Waals surface area contributed by atoms with Crippen LogP contribution in [0.25, 0.3) is 0 Å². The van der Waals surface area contributed by atoms with E-state index in [1.54, 1.807) is 0 Å². The molecule has 1 heterocycles. The molecule has 2 aliphatic rings. The first-order valence-electron chi connectivity index (χ1n) is 9.05. The summed E-state index contributed by atoms with van der Waals surface area (Å²) < 4.78 is 5.81. The summed E-state index contributed by atoms with van der Waals surface area (Å²) >= 11 is 0. The molecule has 5 atom stereocenters. The van der Waals surface area contributed by atoms with Crippen molar-refractivity contribution in [1.29, 1.82) is 0 Å². The molecule has 1 aliphatic carbocycles. The van der Waals surface area contributed by atoms with E-state index in [1.807, 2.05) is 0 Å². The lowest BCUT2D eigenvalue weighted by atomic mass is 9.72. The lowest BCUT2D eigenvalue weighted by Gasteiger charge is -2.37. The molecular weight excluding hydrogens is 246 g/mol. The van der Waals surface area contributed by atoms with E-state index in [-0.39, 0.29) is 0 Å². The van der Waals surface area contributed by atoms with Gasteiger partial charge in [-0.3, -0.25) is 0 Å². The maximum absolute atomic E-state index is 5.81. The molecule has 118 valence electrons. The Morgan fingerprint density at radius 1 is 1.15 bits per heavy atom. The second-order valence-corrected chi connectivity index (χ2v) is 7.30. The first-order chi connectivity index (χ1) is 9.70. The molecule has 0 radical (unpaired) electrons.